The van der Waals surface area contributed by atoms with Gasteiger partial charge in [-0.2, -0.15) is 0 Å². The molecule has 1 heterocycles. The number of methoxy groups -OCH3 is 1. The van der Waals surface area contributed by atoms with Gasteiger partial charge in [-0.05, 0) is 86.1 Å². The number of hydrogen-bond donors (Lipinski definition) is 2. The summed E-state index contributed by atoms with van der Waals surface area (Å²) in [6, 6.07) is 8.58. The van der Waals surface area contributed by atoms with E-state index in [-0.39, 0.29) is 23.1 Å². The average molecular weight is 630 g/mol. The predicted octanol–water partition coefficient (Wildman–Crippen LogP) is 7.54. The number of imidazole rings is 1. The van der Waals surface area contributed by atoms with E-state index in [1.165, 1.54) is 30.0 Å². The second-order valence-corrected chi connectivity index (χ2v) is 12.0. The van der Waals surface area contributed by atoms with Gasteiger partial charge in [0, 0.05) is 42.9 Å². The summed E-state index contributed by atoms with van der Waals surface area (Å²) in [5.41, 5.74) is 10.1. The van der Waals surface area contributed by atoms with Crippen LogP contribution in [0.3, 0.4) is 0 Å². The topological polar surface area (TPSA) is 77.5 Å². The smallest absolute Gasteiger partial charge is 0.188 e. The van der Waals surface area contributed by atoms with Gasteiger partial charge in [-0.3, -0.25) is 9.56 Å². The molecule has 1 unspecified atom stereocenters. The van der Waals surface area contributed by atoms with Gasteiger partial charge in [-0.25, -0.2) is 18.2 Å². The summed E-state index contributed by atoms with van der Waals surface area (Å²) in [5.74, 6) is -0.340. The molecule has 1 aromatic heterocycles. The number of aryl methyl sites for hydroxylation is 2. The Morgan fingerprint density at radius 1 is 1.16 bits per heavy atom. The summed E-state index contributed by atoms with van der Waals surface area (Å²) < 4.78 is 52.0. The number of fused-ring (bicyclic) bond motifs is 1. The van der Waals surface area contributed by atoms with Crippen LogP contribution in [-0.2, 0) is 18.6 Å². The normalized spacial score (nSPS) is 16.9. The number of aliphatic imine (C=N–C) groups is 1. The summed E-state index contributed by atoms with van der Waals surface area (Å²) in [6.45, 7) is 0.552. The van der Waals surface area contributed by atoms with Gasteiger partial charge >= 0.3 is 0 Å². The molecule has 0 bridgehead atoms. The number of benzene rings is 2. The molecule has 0 amide bonds. The first-order chi connectivity index (χ1) is 20.8. The molecule has 1 atom stereocenters. The van der Waals surface area contributed by atoms with Gasteiger partial charge in [0.25, 0.3) is 0 Å². The molecule has 2 aliphatic carbocycles. The number of halogens is 4. The molecule has 2 aliphatic rings. The number of guanidine groups is 1. The number of nitrogens with one attached hydrogen (secondary N) is 1. The third-order valence-electron chi connectivity index (χ3n) is 7.87. The van der Waals surface area contributed by atoms with E-state index in [9.17, 15) is 4.39 Å². The van der Waals surface area contributed by atoms with E-state index in [0.29, 0.717) is 59.7 Å². The van der Waals surface area contributed by atoms with E-state index in [1.54, 1.807) is 20.2 Å². The lowest BCUT2D eigenvalue weighted by Gasteiger charge is -2.27. The van der Waals surface area contributed by atoms with Crippen LogP contribution in [0.2, 0.25) is 5.02 Å². The average Bonchev–Trinajstić information content (AvgIpc) is 3.38. The number of aromatic nitrogens is 2. The van der Waals surface area contributed by atoms with Gasteiger partial charge in [0.15, 0.2) is 11.1 Å². The maximum atomic E-state index is 15.2. The highest BCUT2D eigenvalue weighted by Gasteiger charge is 2.31. The van der Waals surface area contributed by atoms with E-state index in [2.05, 4.69) is 14.9 Å². The first-order valence-electron chi connectivity index (χ1n) is 14.3. The van der Waals surface area contributed by atoms with Gasteiger partial charge in [-0.1, -0.05) is 29.4 Å². The number of ether oxygens (including phenoxy) is 1. The minimum Gasteiger partial charge on any atom is -0.495 e. The molecule has 3 aromatic rings. The van der Waals surface area contributed by atoms with Crippen molar-refractivity contribution >= 4 is 35.0 Å². The molecule has 0 fully saturated rings. The van der Waals surface area contributed by atoms with E-state index in [0.717, 1.165) is 41.9 Å². The first kappa shape index (κ1) is 31.1. The molecule has 3 N–H and O–H groups in total. The summed E-state index contributed by atoms with van der Waals surface area (Å²) in [6.07, 6.45) is 7.82. The fraction of sp³-hybridized carbons (Fsp3) is 0.375. The van der Waals surface area contributed by atoms with Crippen LogP contribution in [0.1, 0.15) is 66.1 Å². The van der Waals surface area contributed by atoms with Crippen LogP contribution in [0, 0.1) is 11.6 Å². The van der Waals surface area contributed by atoms with Crippen LogP contribution in [0.4, 0.5) is 13.2 Å². The standard InChI is InChI=1S/C32H35ClF3N5OS/c1-38-31(37)39-14-4-5-19-15-26(35)24(27(36)16-19)18-43-32-40-28-7-3-6-23(20-8-13-25(33)29(17-20)42-2)30(28)41(32)22-11-9-21(34)10-12-22/h8-9,11,13,15-17,23H,3-7,10,12,14,18H2,1-2H3,(H3,37,38,39). The molecule has 5 rings (SSSR count). The van der Waals surface area contributed by atoms with Crippen LogP contribution in [0.25, 0.3) is 5.70 Å². The van der Waals surface area contributed by atoms with Crippen molar-refractivity contribution in [1.29, 1.82) is 0 Å². The van der Waals surface area contributed by atoms with Crippen LogP contribution in [0.15, 0.2) is 58.5 Å². The van der Waals surface area contributed by atoms with Crippen LogP contribution >= 0.6 is 23.4 Å². The molecule has 0 spiro atoms. The molecule has 0 radical (unpaired) electrons. The molecular weight excluding hydrogens is 595 g/mol. The highest BCUT2D eigenvalue weighted by atomic mass is 35.5. The summed E-state index contributed by atoms with van der Waals surface area (Å²) >= 11 is 7.61. The maximum absolute atomic E-state index is 15.2. The Morgan fingerprint density at radius 3 is 2.65 bits per heavy atom. The largest absolute Gasteiger partial charge is 0.495 e. The predicted molar refractivity (Wildman–Crippen MR) is 167 cm³/mol. The minimum absolute atomic E-state index is 0.00399. The summed E-state index contributed by atoms with van der Waals surface area (Å²) in [4.78, 5) is 8.82. The fourth-order valence-corrected chi connectivity index (χ4v) is 6.91. The Bertz CT molecular complexity index is 1560. The van der Waals surface area contributed by atoms with Gasteiger partial charge in [0.05, 0.1) is 23.5 Å². The molecule has 0 aliphatic heterocycles. The van der Waals surface area contributed by atoms with E-state index in [4.69, 9.17) is 27.1 Å². The zero-order chi connectivity index (χ0) is 30.5. The monoisotopic (exact) mass is 629 g/mol. The second-order valence-electron chi connectivity index (χ2n) is 10.6. The van der Waals surface area contributed by atoms with Crippen LogP contribution in [0.5, 0.6) is 5.75 Å². The first-order valence-corrected chi connectivity index (χ1v) is 15.7. The Morgan fingerprint density at radius 2 is 1.95 bits per heavy atom. The lowest BCUT2D eigenvalue weighted by molar-refractivity contribution is 0.414. The molecule has 11 heteroatoms. The fourth-order valence-electron chi connectivity index (χ4n) is 5.65. The number of allylic oxidation sites excluding steroid dienone is 4. The molecule has 6 nitrogen and oxygen atoms in total. The Kier molecular flexibility index (Phi) is 10.1. The van der Waals surface area contributed by atoms with Crippen LogP contribution in [-0.4, -0.2) is 36.2 Å². The molecular formula is C32H35ClF3N5OS. The van der Waals surface area contributed by atoms with Gasteiger partial charge < -0.3 is 15.8 Å². The van der Waals surface area contributed by atoms with Gasteiger partial charge in [0.1, 0.15) is 23.2 Å². The van der Waals surface area contributed by atoms with Crippen molar-refractivity contribution in [2.45, 2.75) is 61.8 Å². The third-order valence-corrected chi connectivity index (χ3v) is 9.15. The van der Waals surface area contributed by atoms with Crippen molar-refractivity contribution < 1.29 is 17.9 Å². The zero-order valence-electron chi connectivity index (χ0n) is 24.2. The summed E-state index contributed by atoms with van der Waals surface area (Å²) in [7, 11) is 3.18. The number of hydrogen-bond acceptors (Lipinski definition) is 4. The van der Waals surface area contributed by atoms with Crippen LogP contribution < -0.4 is 15.8 Å². The van der Waals surface area contributed by atoms with Crippen molar-refractivity contribution in [3.8, 4) is 5.75 Å². The van der Waals surface area contributed by atoms with Crippen molar-refractivity contribution in [2.24, 2.45) is 10.7 Å². The summed E-state index contributed by atoms with van der Waals surface area (Å²) in [5, 5.41) is 4.12. The molecule has 2 aromatic carbocycles. The van der Waals surface area contributed by atoms with E-state index < -0.39 is 11.6 Å². The lowest BCUT2D eigenvalue weighted by Crippen LogP contribution is -2.32. The number of rotatable bonds is 10. The zero-order valence-corrected chi connectivity index (χ0v) is 25.8. The Hall–Kier alpha value is -3.37. The Labute approximate surface area is 259 Å². The molecule has 0 saturated heterocycles. The number of nitrogens with two attached hydrogens (primary N) is 1. The lowest BCUT2D eigenvalue weighted by atomic mass is 9.84. The molecule has 0 saturated carbocycles. The highest BCUT2D eigenvalue weighted by molar-refractivity contribution is 7.98. The quantitative estimate of drug-likeness (QED) is 0.105. The van der Waals surface area contributed by atoms with Crippen molar-refractivity contribution in [1.82, 2.24) is 14.9 Å². The molecule has 228 valence electrons. The van der Waals surface area contributed by atoms with Crippen molar-refractivity contribution in [3.63, 3.8) is 0 Å². The van der Waals surface area contributed by atoms with Crippen molar-refractivity contribution in [2.75, 3.05) is 20.7 Å². The number of thioether (sulfide) groups is 1. The third kappa shape index (κ3) is 7.07. The van der Waals surface area contributed by atoms with Gasteiger partial charge in [-0.15, -0.1) is 0 Å². The van der Waals surface area contributed by atoms with E-state index >= 15 is 8.78 Å². The minimum atomic E-state index is -0.582. The SMILES string of the molecule is CN=C(N)NCCCc1cc(F)c(CSc2nc3c(n2C2=CC=C(F)CC2)C(c2ccc(Cl)c(OC)c2)CCC3)c(F)c1. The van der Waals surface area contributed by atoms with Crippen molar-refractivity contribution in [3.05, 3.63) is 93.0 Å². The number of nitrogens with zero attached hydrogens (tertiary/aromatic N) is 3. The Balaban J connectivity index is 1.44. The highest BCUT2D eigenvalue weighted by Crippen LogP contribution is 2.43. The maximum Gasteiger partial charge on any atom is 0.188 e. The van der Waals surface area contributed by atoms with Gasteiger partial charge in [0.2, 0.25) is 0 Å². The molecule has 43 heavy (non-hydrogen) atoms. The van der Waals surface area contributed by atoms with E-state index in [1.807, 2.05) is 18.2 Å². The second kappa shape index (κ2) is 13.9.